The van der Waals surface area contributed by atoms with Crippen LogP contribution >= 0.6 is 0 Å². The topological polar surface area (TPSA) is 84.7 Å². The van der Waals surface area contributed by atoms with Crippen LogP contribution in [0.25, 0.3) is 0 Å². The van der Waals surface area contributed by atoms with Crippen LogP contribution in [0.1, 0.15) is 16.1 Å². The maximum Gasteiger partial charge on any atom is 0.416 e. The molecule has 1 aliphatic rings. The lowest BCUT2D eigenvalue weighted by Crippen LogP contribution is -2.50. The standard InChI is InChI=1S/C19H19F3N4O4/c1-24-16(27)6-5-15(23-24)18(29)30-12-17(28)26-9-7-25(8-10-26)14-4-2-3-13(11-14)19(20,21)22/h2-6,11H,7-10,12H2,1H3. The first-order chi connectivity index (χ1) is 14.1. The Morgan fingerprint density at radius 2 is 1.80 bits per heavy atom. The third-order valence-electron chi connectivity index (χ3n) is 4.67. The van der Waals surface area contributed by atoms with E-state index in [2.05, 4.69) is 5.10 Å². The minimum atomic E-state index is -4.42. The molecular weight excluding hydrogens is 405 g/mol. The van der Waals surface area contributed by atoms with Crippen molar-refractivity contribution in [2.45, 2.75) is 6.18 Å². The predicted octanol–water partition coefficient (Wildman–Crippen LogP) is 1.30. The minimum absolute atomic E-state index is 0.0979. The molecule has 0 N–H and O–H groups in total. The van der Waals surface area contributed by atoms with Crippen LogP contribution in [0.3, 0.4) is 0 Å². The highest BCUT2D eigenvalue weighted by Gasteiger charge is 2.31. The van der Waals surface area contributed by atoms with Crippen molar-refractivity contribution in [1.29, 1.82) is 0 Å². The molecule has 30 heavy (non-hydrogen) atoms. The fourth-order valence-electron chi connectivity index (χ4n) is 3.00. The number of hydrogen-bond donors (Lipinski definition) is 0. The fourth-order valence-corrected chi connectivity index (χ4v) is 3.00. The number of anilines is 1. The summed E-state index contributed by atoms with van der Waals surface area (Å²) >= 11 is 0. The monoisotopic (exact) mass is 424 g/mol. The van der Waals surface area contributed by atoms with Gasteiger partial charge in [-0.25, -0.2) is 9.48 Å². The highest BCUT2D eigenvalue weighted by Crippen LogP contribution is 2.31. The second kappa shape index (κ2) is 8.56. The number of amides is 1. The van der Waals surface area contributed by atoms with Crippen molar-refractivity contribution in [3.63, 3.8) is 0 Å². The number of nitrogens with zero attached hydrogens (tertiary/aromatic N) is 4. The van der Waals surface area contributed by atoms with Gasteiger partial charge in [0.1, 0.15) is 0 Å². The summed E-state index contributed by atoms with van der Waals surface area (Å²) in [4.78, 5) is 38.8. The van der Waals surface area contributed by atoms with Gasteiger partial charge >= 0.3 is 12.1 Å². The number of rotatable bonds is 4. The quantitative estimate of drug-likeness (QED) is 0.688. The molecule has 0 unspecified atom stereocenters. The van der Waals surface area contributed by atoms with E-state index in [9.17, 15) is 27.6 Å². The molecule has 0 saturated carbocycles. The van der Waals surface area contributed by atoms with Crippen molar-refractivity contribution in [2.75, 3.05) is 37.7 Å². The van der Waals surface area contributed by atoms with Crippen molar-refractivity contribution in [2.24, 2.45) is 7.05 Å². The molecule has 8 nitrogen and oxygen atoms in total. The number of carbonyl (C=O) groups excluding carboxylic acids is 2. The summed E-state index contributed by atoms with van der Waals surface area (Å²) in [6.07, 6.45) is -4.42. The molecule has 0 aliphatic carbocycles. The van der Waals surface area contributed by atoms with E-state index in [0.717, 1.165) is 16.8 Å². The fraction of sp³-hybridized carbons (Fsp3) is 0.368. The second-order valence-electron chi connectivity index (χ2n) is 6.67. The lowest BCUT2D eigenvalue weighted by Gasteiger charge is -2.36. The molecule has 160 valence electrons. The first kappa shape index (κ1) is 21.3. The number of halogens is 3. The van der Waals surface area contributed by atoms with Crippen LogP contribution in [0.5, 0.6) is 0 Å². The third-order valence-corrected chi connectivity index (χ3v) is 4.67. The van der Waals surface area contributed by atoms with E-state index < -0.39 is 30.2 Å². The van der Waals surface area contributed by atoms with Gasteiger partial charge in [-0.2, -0.15) is 18.3 Å². The minimum Gasteiger partial charge on any atom is -0.451 e. The van der Waals surface area contributed by atoms with Crippen LogP contribution < -0.4 is 10.5 Å². The molecule has 1 aliphatic heterocycles. The molecule has 1 aromatic carbocycles. The largest absolute Gasteiger partial charge is 0.451 e. The number of alkyl halides is 3. The lowest BCUT2D eigenvalue weighted by atomic mass is 10.1. The van der Waals surface area contributed by atoms with Crippen LogP contribution in [-0.2, 0) is 22.8 Å². The van der Waals surface area contributed by atoms with Gasteiger partial charge < -0.3 is 14.5 Å². The molecule has 2 aromatic rings. The summed E-state index contributed by atoms with van der Waals surface area (Å²) in [5.74, 6) is -1.25. The zero-order valence-corrected chi connectivity index (χ0v) is 16.1. The number of aryl methyl sites for hydroxylation is 1. The molecule has 1 aromatic heterocycles. The number of carbonyl (C=O) groups is 2. The van der Waals surface area contributed by atoms with E-state index in [0.29, 0.717) is 18.8 Å². The van der Waals surface area contributed by atoms with Crippen molar-refractivity contribution < 1.29 is 27.5 Å². The van der Waals surface area contributed by atoms with Crippen LogP contribution in [0, 0.1) is 0 Å². The normalized spacial score (nSPS) is 14.5. The van der Waals surface area contributed by atoms with Crippen LogP contribution in [0.2, 0.25) is 0 Å². The van der Waals surface area contributed by atoms with Gasteiger partial charge in [0.25, 0.3) is 11.5 Å². The van der Waals surface area contributed by atoms with E-state index in [1.807, 2.05) is 0 Å². The molecule has 0 bridgehead atoms. The first-order valence-corrected chi connectivity index (χ1v) is 9.06. The Morgan fingerprint density at radius 1 is 1.10 bits per heavy atom. The zero-order valence-electron chi connectivity index (χ0n) is 16.1. The van der Waals surface area contributed by atoms with Gasteiger partial charge in [-0.1, -0.05) is 6.07 Å². The van der Waals surface area contributed by atoms with Gasteiger partial charge in [0, 0.05) is 45.0 Å². The summed E-state index contributed by atoms with van der Waals surface area (Å²) in [5, 5.41) is 3.75. The van der Waals surface area contributed by atoms with E-state index in [4.69, 9.17) is 4.74 Å². The van der Waals surface area contributed by atoms with Crippen molar-refractivity contribution in [3.8, 4) is 0 Å². The molecular formula is C19H19F3N4O4. The van der Waals surface area contributed by atoms with E-state index in [-0.39, 0.29) is 24.3 Å². The van der Waals surface area contributed by atoms with Crippen LogP contribution in [-0.4, -0.2) is 59.3 Å². The number of aromatic nitrogens is 2. The summed E-state index contributed by atoms with van der Waals surface area (Å²) in [5.41, 5.74) is -0.776. The summed E-state index contributed by atoms with van der Waals surface area (Å²) < 4.78 is 44.6. The van der Waals surface area contributed by atoms with E-state index in [1.54, 1.807) is 11.0 Å². The van der Waals surface area contributed by atoms with Crippen molar-refractivity contribution >= 4 is 17.6 Å². The number of piperazine rings is 1. The van der Waals surface area contributed by atoms with E-state index >= 15 is 0 Å². The second-order valence-corrected chi connectivity index (χ2v) is 6.67. The maximum absolute atomic E-state index is 12.9. The highest BCUT2D eigenvalue weighted by molar-refractivity contribution is 5.89. The highest BCUT2D eigenvalue weighted by atomic mass is 19.4. The Balaban J connectivity index is 1.52. The molecule has 0 spiro atoms. The van der Waals surface area contributed by atoms with Gasteiger partial charge in [-0.05, 0) is 24.3 Å². The molecule has 1 amide bonds. The Morgan fingerprint density at radius 3 is 2.43 bits per heavy atom. The molecule has 2 heterocycles. The van der Waals surface area contributed by atoms with Gasteiger partial charge in [-0.3, -0.25) is 9.59 Å². The maximum atomic E-state index is 12.9. The van der Waals surface area contributed by atoms with Gasteiger partial charge in [0.2, 0.25) is 0 Å². The SMILES string of the molecule is Cn1nc(C(=O)OCC(=O)N2CCN(c3cccc(C(F)(F)F)c3)CC2)ccc1=O. The lowest BCUT2D eigenvalue weighted by molar-refractivity contribution is -0.137. The number of ether oxygens (including phenoxy) is 1. The zero-order chi connectivity index (χ0) is 21.9. The average Bonchev–Trinajstić information content (AvgIpc) is 2.73. The van der Waals surface area contributed by atoms with Gasteiger partial charge in [-0.15, -0.1) is 0 Å². The summed E-state index contributed by atoms with van der Waals surface area (Å²) in [7, 11) is 1.38. The number of hydrogen-bond acceptors (Lipinski definition) is 6. The Hall–Kier alpha value is -3.37. The van der Waals surface area contributed by atoms with Gasteiger partial charge in [0.15, 0.2) is 12.3 Å². The number of esters is 1. The first-order valence-electron chi connectivity index (χ1n) is 9.06. The third kappa shape index (κ3) is 4.97. The van der Waals surface area contributed by atoms with Crippen LogP contribution in [0.4, 0.5) is 18.9 Å². The molecule has 11 heteroatoms. The predicted molar refractivity (Wildman–Crippen MR) is 100.0 cm³/mol. The number of benzene rings is 1. The molecule has 1 fully saturated rings. The average molecular weight is 424 g/mol. The summed E-state index contributed by atoms with van der Waals surface area (Å²) in [6, 6.07) is 7.41. The molecule has 0 radical (unpaired) electrons. The molecule has 3 rings (SSSR count). The van der Waals surface area contributed by atoms with Crippen molar-refractivity contribution in [1.82, 2.24) is 14.7 Å². The van der Waals surface area contributed by atoms with Crippen molar-refractivity contribution in [3.05, 3.63) is 58.0 Å². The summed E-state index contributed by atoms with van der Waals surface area (Å²) in [6.45, 7) is 0.773. The Bertz CT molecular complexity index is 998. The van der Waals surface area contributed by atoms with Crippen LogP contribution in [0.15, 0.2) is 41.2 Å². The Kier molecular flexibility index (Phi) is 6.09. The van der Waals surface area contributed by atoms with Gasteiger partial charge in [0.05, 0.1) is 5.56 Å². The molecule has 0 atom stereocenters. The molecule has 1 saturated heterocycles. The Labute approximate surface area is 169 Å². The van der Waals surface area contributed by atoms with E-state index in [1.165, 1.54) is 30.1 Å². The smallest absolute Gasteiger partial charge is 0.416 e.